The molecule has 1 aliphatic carbocycles. The number of hydrogen-bond acceptors (Lipinski definition) is 2. The Morgan fingerprint density at radius 3 is 2.16 bits per heavy atom. The van der Waals surface area contributed by atoms with E-state index in [-0.39, 0.29) is 28.4 Å². The van der Waals surface area contributed by atoms with Gasteiger partial charge in [0.05, 0.1) is 0 Å². The van der Waals surface area contributed by atoms with Gasteiger partial charge in [0, 0.05) is 18.1 Å². The van der Waals surface area contributed by atoms with Crippen LogP contribution in [0, 0.1) is 11.8 Å². The van der Waals surface area contributed by atoms with Crippen LogP contribution in [0.2, 0.25) is 10.3 Å². The van der Waals surface area contributed by atoms with Crippen LogP contribution in [0.5, 0.6) is 0 Å². The fourth-order valence-corrected chi connectivity index (χ4v) is 3.06. The van der Waals surface area contributed by atoms with Crippen LogP contribution < -0.4 is 0 Å². The molecule has 106 valence electrons. The van der Waals surface area contributed by atoms with Gasteiger partial charge < -0.3 is 5.11 Å². The molecule has 1 fully saturated rings. The number of aliphatic hydroxyl groups is 1. The first kappa shape index (κ1) is 14.9. The summed E-state index contributed by atoms with van der Waals surface area (Å²) < 4.78 is 28.9. The van der Waals surface area contributed by atoms with Crippen LogP contribution in [-0.4, -0.2) is 16.7 Å². The number of pyridine rings is 1. The fraction of sp³-hybridized carbons (Fsp3) is 0.615. The lowest BCUT2D eigenvalue weighted by Crippen LogP contribution is -2.30. The minimum Gasteiger partial charge on any atom is -0.396 e. The van der Waals surface area contributed by atoms with Crippen LogP contribution in [0.25, 0.3) is 0 Å². The van der Waals surface area contributed by atoms with Crippen LogP contribution in [0.15, 0.2) is 12.1 Å². The zero-order valence-corrected chi connectivity index (χ0v) is 11.8. The number of nitrogens with zero attached hydrogens (tertiary/aromatic N) is 1. The Hall–Kier alpha value is -0.450. The average Bonchev–Trinajstić information content (AvgIpc) is 2.37. The number of rotatable bonds is 3. The quantitative estimate of drug-likeness (QED) is 0.845. The van der Waals surface area contributed by atoms with Crippen LogP contribution in [0.3, 0.4) is 0 Å². The van der Waals surface area contributed by atoms with E-state index in [9.17, 15) is 8.78 Å². The van der Waals surface area contributed by atoms with E-state index in [1.54, 1.807) is 0 Å². The molecule has 6 heteroatoms. The largest absolute Gasteiger partial charge is 0.396 e. The summed E-state index contributed by atoms with van der Waals surface area (Å²) in [7, 11) is 0. The average molecular weight is 310 g/mol. The van der Waals surface area contributed by atoms with Gasteiger partial charge in [-0.05, 0) is 43.7 Å². The number of hydrogen-bond donors (Lipinski definition) is 1. The first-order valence-electron chi connectivity index (χ1n) is 6.25. The molecule has 1 heterocycles. The SMILES string of the molecule is OC[C@H]1CC[C@H](C(F)(F)c2cc(Cl)nc(Cl)c2)CC1. The Balaban J connectivity index is 2.17. The van der Waals surface area contributed by atoms with E-state index in [2.05, 4.69) is 4.98 Å². The van der Waals surface area contributed by atoms with Crippen molar-refractivity contribution in [2.75, 3.05) is 6.61 Å². The van der Waals surface area contributed by atoms with Crippen LogP contribution in [-0.2, 0) is 5.92 Å². The van der Waals surface area contributed by atoms with Gasteiger partial charge in [0.25, 0.3) is 5.92 Å². The van der Waals surface area contributed by atoms with Crippen molar-refractivity contribution in [1.82, 2.24) is 4.98 Å². The zero-order chi connectivity index (χ0) is 14.0. The molecule has 1 N–H and O–H groups in total. The monoisotopic (exact) mass is 309 g/mol. The summed E-state index contributed by atoms with van der Waals surface area (Å²) >= 11 is 11.4. The Bertz CT molecular complexity index is 428. The molecule has 0 bridgehead atoms. The lowest BCUT2D eigenvalue weighted by molar-refractivity contribution is -0.0839. The second kappa shape index (κ2) is 5.90. The number of aliphatic hydroxyl groups excluding tert-OH is 1. The topological polar surface area (TPSA) is 33.1 Å². The van der Waals surface area contributed by atoms with Gasteiger partial charge in [0.2, 0.25) is 0 Å². The summed E-state index contributed by atoms with van der Waals surface area (Å²) in [5.41, 5.74) is -0.176. The van der Waals surface area contributed by atoms with E-state index in [4.69, 9.17) is 28.3 Å². The molecule has 0 aromatic carbocycles. The molecule has 0 spiro atoms. The molecule has 0 radical (unpaired) electrons. The number of aromatic nitrogens is 1. The van der Waals surface area contributed by atoms with Crippen molar-refractivity contribution in [3.8, 4) is 0 Å². The van der Waals surface area contributed by atoms with Crippen LogP contribution >= 0.6 is 23.2 Å². The molecule has 1 saturated carbocycles. The van der Waals surface area contributed by atoms with Crippen molar-refractivity contribution in [3.63, 3.8) is 0 Å². The smallest absolute Gasteiger partial charge is 0.276 e. The fourth-order valence-electron chi connectivity index (χ4n) is 2.60. The third-order valence-electron chi connectivity index (χ3n) is 3.77. The Kier molecular flexibility index (Phi) is 4.64. The zero-order valence-electron chi connectivity index (χ0n) is 10.3. The van der Waals surface area contributed by atoms with Gasteiger partial charge in [-0.2, -0.15) is 0 Å². The molecule has 0 amide bonds. The van der Waals surface area contributed by atoms with Crippen molar-refractivity contribution in [2.24, 2.45) is 11.8 Å². The molecule has 2 rings (SSSR count). The summed E-state index contributed by atoms with van der Waals surface area (Å²) in [4.78, 5) is 3.68. The molecule has 0 atom stereocenters. The molecule has 2 nitrogen and oxygen atoms in total. The second-order valence-electron chi connectivity index (χ2n) is 5.02. The third kappa shape index (κ3) is 3.36. The third-order valence-corrected chi connectivity index (χ3v) is 4.15. The first-order valence-corrected chi connectivity index (χ1v) is 7.01. The standard InChI is InChI=1S/C13H15Cl2F2NO/c14-11-5-10(6-12(15)18-11)13(16,17)9-3-1-8(7-19)2-4-9/h5-6,8-9,19H,1-4,7H2/t8-,9-. The predicted molar refractivity (Wildman–Crippen MR) is 70.7 cm³/mol. The summed E-state index contributed by atoms with van der Waals surface area (Å²) in [5, 5.41) is 9.00. The van der Waals surface area contributed by atoms with E-state index in [0.29, 0.717) is 25.7 Å². The molecule has 1 aromatic rings. The minimum absolute atomic E-state index is 0.0220. The molecule has 19 heavy (non-hydrogen) atoms. The summed E-state index contributed by atoms with van der Waals surface area (Å²) in [5.74, 6) is -3.54. The summed E-state index contributed by atoms with van der Waals surface area (Å²) in [6.07, 6.45) is 2.05. The van der Waals surface area contributed by atoms with Gasteiger partial charge in [0.15, 0.2) is 0 Å². The number of alkyl halides is 2. The van der Waals surface area contributed by atoms with Gasteiger partial charge in [0.1, 0.15) is 10.3 Å². The van der Waals surface area contributed by atoms with Crippen molar-refractivity contribution >= 4 is 23.2 Å². The highest BCUT2D eigenvalue weighted by atomic mass is 35.5. The molecular weight excluding hydrogens is 295 g/mol. The Morgan fingerprint density at radius 1 is 1.16 bits per heavy atom. The normalized spacial score (nSPS) is 24.5. The van der Waals surface area contributed by atoms with Crippen molar-refractivity contribution in [2.45, 2.75) is 31.6 Å². The van der Waals surface area contributed by atoms with Crippen molar-refractivity contribution in [3.05, 3.63) is 28.0 Å². The van der Waals surface area contributed by atoms with Crippen molar-refractivity contribution < 1.29 is 13.9 Å². The molecule has 1 aromatic heterocycles. The minimum atomic E-state index is -2.96. The van der Waals surface area contributed by atoms with E-state index in [0.717, 1.165) is 0 Å². The number of halogens is 4. The van der Waals surface area contributed by atoms with Crippen molar-refractivity contribution in [1.29, 1.82) is 0 Å². The van der Waals surface area contributed by atoms with Crippen LogP contribution in [0.1, 0.15) is 31.2 Å². The lowest BCUT2D eigenvalue weighted by atomic mass is 9.77. The second-order valence-corrected chi connectivity index (χ2v) is 5.80. The molecule has 0 saturated heterocycles. The highest BCUT2D eigenvalue weighted by molar-refractivity contribution is 6.32. The van der Waals surface area contributed by atoms with E-state index in [1.165, 1.54) is 12.1 Å². The molecular formula is C13H15Cl2F2NO. The predicted octanol–water partition coefficient (Wildman–Crippen LogP) is 4.28. The van der Waals surface area contributed by atoms with Gasteiger partial charge in [-0.3, -0.25) is 0 Å². The van der Waals surface area contributed by atoms with E-state index < -0.39 is 11.8 Å². The maximum atomic E-state index is 14.4. The molecule has 0 aliphatic heterocycles. The van der Waals surface area contributed by atoms with Crippen LogP contribution in [0.4, 0.5) is 8.78 Å². The molecule has 0 unspecified atom stereocenters. The maximum absolute atomic E-state index is 14.4. The van der Waals surface area contributed by atoms with Gasteiger partial charge in [-0.15, -0.1) is 0 Å². The van der Waals surface area contributed by atoms with Gasteiger partial charge in [-0.1, -0.05) is 23.2 Å². The van der Waals surface area contributed by atoms with Gasteiger partial charge >= 0.3 is 0 Å². The Labute approximate surface area is 120 Å². The van der Waals surface area contributed by atoms with Gasteiger partial charge in [-0.25, -0.2) is 13.8 Å². The van der Waals surface area contributed by atoms with E-state index >= 15 is 0 Å². The molecule has 1 aliphatic rings. The lowest BCUT2D eigenvalue weighted by Gasteiger charge is -2.33. The highest BCUT2D eigenvalue weighted by Crippen LogP contribution is 2.45. The summed E-state index contributed by atoms with van der Waals surface area (Å²) in [6.45, 7) is 0.0746. The first-order chi connectivity index (χ1) is 8.93. The Morgan fingerprint density at radius 2 is 1.68 bits per heavy atom. The maximum Gasteiger partial charge on any atom is 0.276 e. The van der Waals surface area contributed by atoms with E-state index in [1.807, 2.05) is 0 Å². The summed E-state index contributed by atoms with van der Waals surface area (Å²) in [6, 6.07) is 2.34. The highest BCUT2D eigenvalue weighted by Gasteiger charge is 2.43.